The monoisotopic (exact) mass is 574 g/mol. The number of fused-ring (bicyclic) bond motifs is 3. The van der Waals surface area contributed by atoms with Crippen LogP contribution in [0.5, 0.6) is 0 Å². The van der Waals surface area contributed by atoms with Gasteiger partial charge in [0, 0.05) is 0 Å². The van der Waals surface area contributed by atoms with Crippen molar-refractivity contribution >= 4 is 39.8 Å². The molecule has 0 saturated heterocycles. The second-order valence-electron chi connectivity index (χ2n) is 7.18. The Hall–Kier alpha value is -0.567. The van der Waals surface area contributed by atoms with Gasteiger partial charge in [0.05, 0.1) is 0 Å². The van der Waals surface area contributed by atoms with Crippen LogP contribution in [0.25, 0.3) is 12.2 Å². The normalized spacial score (nSPS) is 19.5. The van der Waals surface area contributed by atoms with E-state index in [2.05, 4.69) is 94.8 Å². The van der Waals surface area contributed by atoms with Crippen molar-refractivity contribution in [1.82, 2.24) is 0 Å². The minimum Gasteiger partial charge on any atom is -1.00 e. The van der Waals surface area contributed by atoms with Crippen molar-refractivity contribution in [1.29, 1.82) is 0 Å². The molecule has 0 nitrogen and oxygen atoms in total. The molecule has 5 heteroatoms. The van der Waals surface area contributed by atoms with Crippen molar-refractivity contribution < 1.29 is 48.0 Å². The van der Waals surface area contributed by atoms with E-state index < -0.39 is 23.2 Å². The third-order valence-corrected chi connectivity index (χ3v) is 12.3. The average Bonchev–Trinajstić information content (AvgIpc) is 3.22. The Labute approximate surface area is 207 Å². The third-order valence-electron chi connectivity index (χ3n) is 5.60. The maximum Gasteiger partial charge on any atom is -1.00 e. The van der Waals surface area contributed by atoms with Crippen LogP contribution in [-0.4, -0.2) is 0 Å². The molecule has 2 atom stereocenters. The fourth-order valence-corrected chi connectivity index (χ4v) is 10.3. The number of rotatable bonds is 2. The minimum absolute atomic E-state index is 0. The van der Waals surface area contributed by atoms with Gasteiger partial charge in [-0.2, -0.15) is 0 Å². The predicted molar refractivity (Wildman–Crippen MR) is 113 cm³/mol. The van der Waals surface area contributed by atoms with E-state index in [0.29, 0.717) is 10.7 Å². The molecular formula is C24H15BrCl2SZr. The summed E-state index contributed by atoms with van der Waals surface area (Å²) >= 11 is 5.01. The van der Waals surface area contributed by atoms with Crippen LogP contribution >= 0.6 is 27.7 Å². The van der Waals surface area contributed by atoms with Crippen molar-refractivity contribution in [2.24, 2.45) is 0 Å². The van der Waals surface area contributed by atoms with Gasteiger partial charge in [0.15, 0.2) is 0 Å². The van der Waals surface area contributed by atoms with Crippen LogP contribution in [0.3, 0.4) is 0 Å². The molecule has 2 unspecified atom stereocenters. The average molecular weight is 577 g/mol. The Morgan fingerprint density at radius 2 is 1.52 bits per heavy atom. The van der Waals surface area contributed by atoms with E-state index in [1.165, 1.54) is 37.6 Å². The van der Waals surface area contributed by atoms with Crippen molar-refractivity contribution in [3.05, 3.63) is 101 Å². The number of halogens is 3. The van der Waals surface area contributed by atoms with Gasteiger partial charge in [-0.3, -0.25) is 0 Å². The summed E-state index contributed by atoms with van der Waals surface area (Å²) in [6.07, 6.45) is 4.99. The van der Waals surface area contributed by atoms with E-state index in [9.17, 15) is 0 Å². The molecule has 3 aromatic carbocycles. The topological polar surface area (TPSA) is 0 Å². The van der Waals surface area contributed by atoms with Crippen LogP contribution in [0.2, 0.25) is 0 Å². The number of alkyl halides is 1. The Bertz CT molecular complexity index is 1150. The molecule has 0 N–H and O–H groups in total. The molecule has 2 aliphatic carbocycles. The number of hydrogen-bond acceptors (Lipinski definition) is 1. The fourth-order valence-electron chi connectivity index (χ4n) is 4.33. The maximum atomic E-state index is 3.99. The summed E-state index contributed by atoms with van der Waals surface area (Å²) in [6, 6.07) is 24.9. The van der Waals surface area contributed by atoms with Crippen molar-refractivity contribution in [2.75, 3.05) is 0 Å². The Morgan fingerprint density at radius 1 is 0.759 bits per heavy atom. The van der Waals surface area contributed by atoms with Gasteiger partial charge >= 0.3 is 185 Å². The predicted octanol–water partition coefficient (Wildman–Crippen LogP) is 1.22. The SMILES string of the molecule is BrC1[C]([Zr+2][C]2=Cc3c4cccc3C2c2ccc(cc2)S4)=Cc2ccccc21.[Cl-].[Cl-]. The molecule has 0 radical (unpaired) electrons. The van der Waals surface area contributed by atoms with Crippen LogP contribution < -0.4 is 24.8 Å². The van der Waals surface area contributed by atoms with E-state index in [-0.39, 0.29) is 24.8 Å². The van der Waals surface area contributed by atoms with Crippen molar-refractivity contribution in [3.8, 4) is 0 Å². The van der Waals surface area contributed by atoms with Crippen LogP contribution in [0.15, 0.2) is 83.1 Å². The largest absolute Gasteiger partial charge is 1.00 e. The summed E-state index contributed by atoms with van der Waals surface area (Å²) in [6.45, 7) is 0. The first-order valence-corrected chi connectivity index (χ1v) is 13.3. The molecule has 0 fully saturated rings. The zero-order valence-corrected chi connectivity index (χ0v) is 21.6. The zero-order chi connectivity index (χ0) is 18.0. The molecule has 0 spiro atoms. The van der Waals surface area contributed by atoms with Crippen LogP contribution in [0, 0.1) is 0 Å². The second-order valence-corrected chi connectivity index (χ2v) is 12.7. The molecule has 7 rings (SSSR count). The van der Waals surface area contributed by atoms with Gasteiger partial charge in [-0.1, -0.05) is 0 Å². The van der Waals surface area contributed by atoms with Gasteiger partial charge in [-0.25, -0.2) is 0 Å². The van der Waals surface area contributed by atoms with Gasteiger partial charge in [0.1, 0.15) is 0 Å². The van der Waals surface area contributed by atoms with E-state index in [4.69, 9.17) is 0 Å². The summed E-state index contributed by atoms with van der Waals surface area (Å²) in [5.74, 6) is 0.448. The quantitative estimate of drug-likeness (QED) is 0.413. The van der Waals surface area contributed by atoms with Crippen LogP contribution in [0.4, 0.5) is 0 Å². The Balaban J connectivity index is 0.00000102. The maximum absolute atomic E-state index is 3.99. The molecule has 2 heterocycles. The van der Waals surface area contributed by atoms with Gasteiger partial charge < -0.3 is 24.8 Å². The summed E-state index contributed by atoms with van der Waals surface area (Å²) < 4.78 is 3.31. The second kappa shape index (κ2) is 8.52. The molecule has 4 aliphatic rings. The molecule has 0 saturated carbocycles. The first-order valence-electron chi connectivity index (χ1n) is 9.12. The molecule has 0 amide bonds. The molecule has 142 valence electrons. The van der Waals surface area contributed by atoms with Gasteiger partial charge in [0.25, 0.3) is 0 Å². The summed E-state index contributed by atoms with van der Waals surface area (Å²) in [7, 11) is 0. The first kappa shape index (κ1) is 21.7. The molecule has 3 aromatic rings. The smallest absolute Gasteiger partial charge is 1.00 e. The molecular weight excluding hydrogens is 562 g/mol. The minimum atomic E-state index is -0.877. The van der Waals surface area contributed by atoms with E-state index in [1.54, 1.807) is 6.56 Å². The van der Waals surface area contributed by atoms with Gasteiger partial charge in [-0.05, 0) is 0 Å². The summed E-state index contributed by atoms with van der Waals surface area (Å²) in [5, 5.41) is 0. The van der Waals surface area contributed by atoms with Crippen LogP contribution in [-0.2, 0) is 23.2 Å². The molecule has 6 bridgehead atoms. The van der Waals surface area contributed by atoms with E-state index in [0.717, 1.165) is 0 Å². The number of allylic oxidation sites excluding steroid dienone is 2. The van der Waals surface area contributed by atoms with Gasteiger partial charge in [0.2, 0.25) is 0 Å². The Kier molecular flexibility index (Phi) is 6.36. The van der Waals surface area contributed by atoms with Crippen molar-refractivity contribution in [3.63, 3.8) is 0 Å². The molecule has 2 aliphatic heterocycles. The van der Waals surface area contributed by atoms with E-state index in [1.807, 2.05) is 11.8 Å². The van der Waals surface area contributed by atoms with Crippen molar-refractivity contribution in [2.45, 2.75) is 20.5 Å². The van der Waals surface area contributed by atoms with E-state index >= 15 is 0 Å². The summed E-state index contributed by atoms with van der Waals surface area (Å²) in [5.41, 5.74) is 7.25. The van der Waals surface area contributed by atoms with Crippen LogP contribution in [0.1, 0.15) is 38.6 Å². The number of benzene rings is 3. The standard InChI is InChI=1S/C15H9S.C9H6Br.2ClH.Zr/c1-2-13-12-8-9-14(13)15(3-1)16-11-6-4-10(12)5-7-11;10-9-6-5-7-3-1-2-4-8(7)9;;;/h1-7,9,12H;1-5,9H;2*1H;/q;;;;+2/p-2. The molecule has 0 aromatic heterocycles. The first-order chi connectivity index (χ1) is 13.3. The molecule has 29 heavy (non-hydrogen) atoms. The van der Waals surface area contributed by atoms with Gasteiger partial charge in [-0.15, -0.1) is 0 Å². The Morgan fingerprint density at radius 3 is 2.31 bits per heavy atom. The third kappa shape index (κ3) is 3.58. The zero-order valence-electron chi connectivity index (χ0n) is 15.2. The number of hydrogen-bond donors (Lipinski definition) is 0. The fraction of sp³-hybridized carbons (Fsp3) is 0.0833. The summed E-state index contributed by atoms with van der Waals surface area (Å²) in [4.78, 5) is 3.14.